The quantitative estimate of drug-likeness (QED) is 0.840. The molecule has 0 heterocycles. The summed E-state index contributed by atoms with van der Waals surface area (Å²) in [4.78, 5) is 0. The molecule has 1 aromatic carbocycles. The van der Waals surface area contributed by atoms with Crippen molar-refractivity contribution in [2.24, 2.45) is 5.73 Å². The van der Waals surface area contributed by atoms with E-state index in [2.05, 4.69) is 42.4 Å². The third-order valence-corrected chi connectivity index (χ3v) is 2.81. The Labute approximate surface area is 106 Å². The fourth-order valence-corrected chi connectivity index (χ4v) is 1.72. The predicted molar refractivity (Wildman–Crippen MR) is 71.9 cm³/mol. The summed E-state index contributed by atoms with van der Waals surface area (Å²) in [6.07, 6.45) is 0. The molecule has 0 saturated heterocycles. The number of hydrogen-bond donors (Lipinski definition) is 1. The van der Waals surface area contributed by atoms with Gasteiger partial charge in [0.05, 0.1) is 0 Å². The molecule has 0 amide bonds. The van der Waals surface area contributed by atoms with Crippen LogP contribution in [0.1, 0.15) is 25.3 Å². The molecule has 0 aliphatic heterocycles. The summed E-state index contributed by atoms with van der Waals surface area (Å²) in [7, 11) is 0. The maximum atomic E-state index is 5.71. The molecule has 0 unspecified atom stereocenters. The Kier molecular flexibility index (Phi) is 5.03. The topological polar surface area (TPSA) is 35.2 Å². The third-order valence-electron chi connectivity index (χ3n) is 2.31. The van der Waals surface area contributed by atoms with Crippen molar-refractivity contribution in [3.05, 3.63) is 40.4 Å². The Hall–Kier alpha value is -0.800. The van der Waals surface area contributed by atoms with Crippen molar-refractivity contribution in [2.45, 2.75) is 19.8 Å². The Morgan fingerprint density at radius 1 is 1.50 bits per heavy atom. The normalized spacial score (nSPS) is 10.6. The molecule has 16 heavy (non-hydrogen) atoms. The maximum absolute atomic E-state index is 5.71. The first-order valence-corrected chi connectivity index (χ1v) is 6.13. The van der Waals surface area contributed by atoms with Gasteiger partial charge in [0, 0.05) is 11.0 Å². The molecule has 0 spiro atoms. The Morgan fingerprint density at radius 3 is 2.75 bits per heavy atom. The molecular weight excluding hydrogens is 266 g/mol. The van der Waals surface area contributed by atoms with Gasteiger partial charge in [-0.05, 0) is 35.3 Å². The van der Waals surface area contributed by atoms with Crippen LogP contribution in [0.15, 0.2) is 34.8 Å². The van der Waals surface area contributed by atoms with Gasteiger partial charge in [0.15, 0.2) is 0 Å². The van der Waals surface area contributed by atoms with E-state index >= 15 is 0 Å². The number of rotatable bonds is 5. The molecule has 0 aliphatic carbocycles. The van der Waals surface area contributed by atoms with E-state index in [1.165, 1.54) is 5.56 Å². The molecule has 0 aliphatic rings. The standard InChI is InChI=1S/C13H18BrNO/c1-9(2)12-6-11(14)4-5-13(12)16-8-10(3)7-15/h4-6,9H,3,7-8,15H2,1-2H3. The molecule has 1 aromatic rings. The molecule has 0 radical (unpaired) electrons. The first-order chi connectivity index (χ1) is 7.54. The van der Waals surface area contributed by atoms with E-state index < -0.39 is 0 Å². The van der Waals surface area contributed by atoms with Crippen molar-refractivity contribution in [1.82, 2.24) is 0 Å². The van der Waals surface area contributed by atoms with Crippen LogP contribution in [0.25, 0.3) is 0 Å². The van der Waals surface area contributed by atoms with Gasteiger partial charge in [-0.3, -0.25) is 0 Å². The summed E-state index contributed by atoms with van der Waals surface area (Å²) < 4.78 is 6.78. The van der Waals surface area contributed by atoms with Gasteiger partial charge in [0.2, 0.25) is 0 Å². The highest BCUT2D eigenvalue weighted by Gasteiger charge is 2.08. The maximum Gasteiger partial charge on any atom is 0.123 e. The van der Waals surface area contributed by atoms with E-state index in [9.17, 15) is 0 Å². The van der Waals surface area contributed by atoms with Gasteiger partial charge in [0.1, 0.15) is 12.4 Å². The highest BCUT2D eigenvalue weighted by Crippen LogP contribution is 2.29. The highest BCUT2D eigenvalue weighted by molar-refractivity contribution is 9.10. The molecule has 0 saturated carbocycles. The number of hydrogen-bond acceptors (Lipinski definition) is 2. The summed E-state index contributed by atoms with van der Waals surface area (Å²) in [5.41, 5.74) is 7.57. The van der Waals surface area contributed by atoms with E-state index in [0.717, 1.165) is 15.8 Å². The van der Waals surface area contributed by atoms with Gasteiger partial charge in [-0.1, -0.05) is 36.4 Å². The van der Waals surface area contributed by atoms with Crippen LogP contribution >= 0.6 is 15.9 Å². The zero-order valence-electron chi connectivity index (χ0n) is 9.79. The van der Waals surface area contributed by atoms with E-state index in [0.29, 0.717) is 19.1 Å². The SMILES string of the molecule is C=C(CN)COc1ccc(Br)cc1C(C)C. The summed E-state index contributed by atoms with van der Waals surface area (Å²) in [6, 6.07) is 6.04. The fourth-order valence-electron chi connectivity index (χ4n) is 1.34. The van der Waals surface area contributed by atoms with E-state index in [4.69, 9.17) is 10.5 Å². The van der Waals surface area contributed by atoms with Crippen LogP contribution in [0.2, 0.25) is 0 Å². The second-order valence-corrected chi connectivity index (χ2v) is 5.00. The lowest BCUT2D eigenvalue weighted by molar-refractivity contribution is 0.345. The predicted octanol–water partition coefficient (Wildman–Crippen LogP) is 3.47. The molecular formula is C13H18BrNO. The van der Waals surface area contributed by atoms with Crippen molar-refractivity contribution in [3.8, 4) is 5.75 Å². The minimum atomic E-state index is 0.429. The molecule has 0 atom stereocenters. The summed E-state index contributed by atoms with van der Waals surface area (Å²) in [6.45, 7) is 9.06. The molecule has 88 valence electrons. The zero-order valence-corrected chi connectivity index (χ0v) is 11.4. The van der Waals surface area contributed by atoms with E-state index in [1.54, 1.807) is 0 Å². The summed E-state index contributed by atoms with van der Waals surface area (Å²) in [5.74, 6) is 1.34. The van der Waals surface area contributed by atoms with Crippen LogP contribution in [-0.4, -0.2) is 13.2 Å². The fraction of sp³-hybridized carbons (Fsp3) is 0.385. The second kappa shape index (κ2) is 6.06. The lowest BCUT2D eigenvalue weighted by Crippen LogP contribution is -2.10. The van der Waals surface area contributed by atoms with Crippen molar-refractivity contribution in [2.75, 3.05) is 13.2 Å². The number of ether oxygens (including phenoxy) is 1. The first-order valence-electron chi connectivity index (χ1n) is 5.33. The molecule has 2 N–H and O–H groups in total. The Balaban J connectivity index is 2.82. The van der Waals surface area contributed by atoms with Crippen LogP contribution in [0.3, 0.4) is 0 Å². The minimum Gasteiger partial charge on any atom is -0.489 e. The van der Waals surface area contributed by atoms with Crippen LogP contribution in [0, 0.1) is 0 Å². The van der Waals surface area contributed by atoms with Crippen LogP contribution in [0.5, 0.6) is 5.75 Å². The van der Waals surface area contributed by atoms with Crippen molar-refractivity contribution in [1.29, 1.82) is 0 Å². The molecule has 0 aromatic heterocycles. The lowest BCUT2D eigenvalue weighted by Gasteiger charge is -2.14. The summed E-state index contributed by atoms with van der Waals surface area (Å²) in [5, 5.41) is 0. The number of benzene rings is 1. The van der Waals surface area contributed by atoms with Crippen LogP contribution < -0.4 is 10.5 Å². The van der Waals surface area contributed by atoms with Gasteiger partial charge in [-0.25, -0.2) is 0 Å². The molecule has 0 fully saturated rings. The van der Waals surface area contributed by atoms with Gasteiger partial charge < -0.3 is 10.5 Å². The molecule has 2 nitrogen and oxygen atoms in total. The third kappa shape index (κ3) is 3.65. The Bertz CT molecular complexity index is 374. The van der Waals surface area contributed by atoms with Gasteiger partial charge >= 0.3 is 0 Å². The smallest absolute Gasteiger partial charge is 0.123 e. The van der Waals surface area contributed by atoms with Crippen molar-refractivity contribution < 1.29 is 4.74 Å². The monoisotopic (exact) mass is 283 g/mol. The Morgan fingerprint density at radius 2 is 2.19 bits per heavy atom. The van der Waals surface area contributed by atoms with Gasteiger partial charge in [-0.2, -0.15) is 0 Å². The largest absolute Gasteiger partial charge is 0.489 e. The second-order valence-electron chi connectivity index (χ2n) is 4.08. The molecule has 1 rings (SSSR count). The lowest BCUT2D eigenvalue weighted by atomic mass is 10.0. The number of nitrogens with two attached hydrogens (primary N) is 1. The zero-order chi connectivity index (χ0) is 12.1. The average Bonchev–Trinajstić information content (AvgIpc) is 2.26. The van der Waals surface area contributed by atoms with E-state index in [1.807, 2.05) is 12.1 Å². The van der Waals surface area contributed by atoms with Gasteiger partial charge in [0.25, 0.3) is 0 Å². The van der Waals surface area contributed by atoms with Crippen LogP contribution in [0.4, 0.5) is 0 Å². The molecule has 0 bridgehead atoms. The number of halogens is 1. The highest BCUT2D eigenvalue weighted by atomic mass is 79.9. The van der Waals surface area contributed by atoms with Gasteiger partial charge in [-0.15, -0.1) is 0 Å². The molecule has 3 heteroatoms. The van der Waals surface area contributed by atoms with Crippen LogP contribution in [-0.2, 0) is 0 Å². The van der Waals surface area contributed by atoms with Crippen molar-refractivity contribution in [3.63, 3.8) is 0 Å². The van der Waals surface area contributed by atoms with E-state index in [-0.39, 0.29) is 0 Å². The average molecular weight is 284 g/mol. The first kappa shape index (κ1) is 13.3. The minimum absolute atomic E-state index is 0.429. The summed E-state index contributed by atoms with van der Waals surface area (Å²) >= 11 is 3.47. The van der Waals surface area contributed by atoms with Crippen molar-refractivity contribution >= 4 is 15.9 Å².